The largest absolute Gasteiger partial charge is 0.489 e. The number of halogens is 1. The lowest BCUT2D eigenvalue weighted by atomic mass is 10.1. The molecule has 0 radical (unpaired) electrons. The molecule has 1 N–H and O–H groups in total. The highest BCUT2D eigenvalue weighted by atomic mass is 19.1. The van der Waals surface area contributed by atoms with E-state index in [1.165, 1.54) is 12.1 Å². The van der Waals surface area contributed by atoms with Crippen LogP contribution in [-0.2, 0) is 17.8 Å². The minimum Gasteiger partial charge on any atom is -0.489 e. The molecule has 4 heteroatoms. The Bertz CT molecular complexity index is 579. The predicted octanol–water partition coefficient (Wildman–Crippen LogP) is 3.42. The van der Waals surface area contributed by atoms with E-state index in [4.69, 9.17) is 9.84 Å². The number of aryl methyl sites for hydroxylation is 1. The van der Waals surface area contributed by atoms with Gasteiger partial charge in [0.05, 0.1) is 0 Å². The van der Waals surface area contributed by atoms with Crippen molar-refractivity contribution in [2.45, 2.75) is 19.4 Å². The van der Waals surface area contributed by atoms with E-state index in [9.17, 15) is 9.18 Å². The summed E-state index contributed by atoms with van der Waals surface area (Å²) in [6, 6.07) is 13.5. The van der Waals surface area contributed by atoms with Gasteiger partial charge in [0.2, 0.25) is 0 Å². The van der Waals surface area contributed by atoms with E-state index in [0.717, 1.165) is 11.1 Å². The SMILES string of the molecule is O=C(O)CCc1ccc(OCc2cccc(F)c2)cc1. The minimum absolute atomic E-state index is 0.115. The summed E-state index contributed by atoms with van der Waals surface area (Å²) < 4.78 is 18.5. The van der Waals surface area contributed by atoms with Crippen molar-refractivity contribution in [1.82, 2.24) is 0 Å². The molecule has 0 unspecified atom stereocenters. The average molecular weight is 274 g/mol. The van der Waals surface area contributed by atoms with Crippen LogP contribution in [0, 0.1) is 5.82 Å². The second-order valence-electron chi connectivity index (χ2n) is 4.46. The van der Waals surface area contributed by atoms with Gasteiger partial charge in [-0.3, -0.25) is 4.79 Å². The van der Waals surface area contributed by atoms with Gasteiger partial charge in [-0.15, -0.1) is 0 Å². The van der Waals surface area contributed by atoms with Gasteiger partial charge >= 0.3 is 5.97 Å². The molecular weight excluding hydrogens is 259 g/mol. The molecule has 0 bridgehead atoms. The molecule has 0 saturated carbocycles. The predicted molar refractivity (Wildman–Crippen MR) is 73.1 cm³/mol. The van der Waals surface area contributed by atoms with Gasteiger partial charge in [-0.1, -0.05) is 24.3 Å². The normalized spacial score (nSPS) is 10.2. The van der Waals surface area contributed by atoms with E-state index in [1.807, 2.05) is 12.1 Å². The third-order valence-corrected chi connectivity index (χ3v) is 2.85. The van der Waals surface area contributed by atoms with Gasteiger partial charge in [0.1, 0.15) is 18.2 Å². The van der Waals surface area contributed by atoms with Crippen molar-refractivity contribution in [1.29, 1.82) is 0 Å². The Morgan fingerprint density at radius 3 is 2.50 bits per heavy atom. The molecule has 0 atom stereocenters. The molecule has 2 aromatic carbocycles. The third-order valence-electron chi connectivity index (χ3n) is 2.85. The number of benzene rings is 2. The second-order valence-corrected chi connectivity index (χ2v) is 4.46. The summed E-state index contributed by atoms with van der Waals surface area (Å²) in [6.45, 7) is 0.298. The van der Waals surface area contributed by atoms with Crippen LogP contribution in [0.1, 0.15) is 17.5 Å². The van der Waals surface area contributed by atoms with Crippen molar-refractivity contribution in [3.63, 3.8) is 0 Å². The van der Waals surface area contributed by atoms with Crippen LogP contribution < -0.4 is 4.74 Å². The highest BCUT2D eigenvalue weighted by molar-refractivity contribution is 5.67. The van der Waals surface area contributed by atoms with Crippen molar-refractivity contribution >= 4 is 5.97 Å². The fraction of sp³-hybridized carbons (Fsp3) is 0.188. The van der Waals surface area contributed by atoms with Crippen LogP contribution in [-0.4, -0.2) is 11.1 Å². The Balaban J connectivity index is 1.89. The van der Waals surface area contributed by atoms with E-state index in [1.54, 1.807) is 24.3 Å². The number of hydrogen-bond acceptors (Lipinski definition) is 2. The smallest absolute Gasteiger partial charge is 0.303 e. The van der Waals surface area contributed by atoms with Crippen LogP contribution >= 0.6 is 0 Å². The quantitative estimate of drug-likeness (QED) is 0.878. The molecule has 0 aromatic heterocycles. The number of hydrogen-bond donors (Lipinski definition) is 1. The lowest BCUT2D eigenvalue weighted by molar-refractivity contribution is -0.136. The van der Waals surface area contributed by atoms with Gasteiger partial charge in [-0.2, -0.15) is 0 Å². The fourth-order valence-corrected chi connectivity index (χ4v) is 1.80. The van der Waals surface area contributed by atoms with Gasteiger partial charge in [0, 0.05) is 6.42 Å². The zero-order chi connectivity index (χ0) is 14.4. The van der Waals surface area contributed by atoms with Crippen LogP contribution in [0.5, 0.6) is 5.75 Å². The van der Waals surface area contributed by atoms with Crippen LogP contribution in [0.25, 0.3) is 0 Å². The maximum Gasteiger partial charge on any atom is 0.303 e. The second kappa shape index (κ2) is 6.70. The number of rotatable bonds is 6. The summed E-state index contributed by atoms with van der Waals surface area (Å²) in [7, 11) is 0. The van der Waals surface area contributed by atoms with E-state index < -0.39 is 5.97 Å². The summed E-state index contributed by atoms with van der Waals surface area (Å²) >= 11 is 0. The zero-order valence-electron chi connectivity index (χ0n) is 10.9. The lowest BCUT2D eigenvalue weighted by Gasteiger charge is -2.07. The molecule has 0 aliphatic rings. The average Bonchev–Trinajstić information content (AvgIpc) is 2.44. The van der Waals surface area contributed by atoms with Crippen LogP contribution in [0.2, 0.25) is 0 Å². The van der Waals surface area contributed by atoms with Crippen molar-refractivity contribution < 1.29 is 19.0 Å². The molecule has 3 nitrogen and oxygen atoms in total. The number of carbonyl (C=O) groups is 1. The molecule has 0 heterocycles. The van der Waals surface area contributed by atoms with Crippen molar-refractivity contribution in [3.05, 3.63) is 65.5 Å². The molecule has 2 rings (SSSR count). The first-order chi connectivity index (χ1) is 9.63. The van der Waals surface area contributed by atoms with E-state index in [0.29, 0.717) is 18.8 Å². The Morgan fingerprint density at radius 1 is 1.10 bits per heavy atom. The van der Waals surface area contributed by atoms with Gasteiger partial charge in [0.25, 0.3) is 0 Å². The molecule has 0 fully saturated rings. The van der Waals surface area contributed by atoms with E-state index in [-0.39, 0.29) is 12.2 Å². The first kappa shape index (κ1) is 14.1. The molecule has 0 aliphatic heterocycles. The maximum atomic E-state index is 13.0. The highest BCUT2D eigenvalue weighted by Crippen LogP contribution is 2.15. The maximum absolute atomic E-state index is 13.0. The van der Waals surface area contributed by atoms with Crippen molar-refractivity contribution in [3.8, 4) is 5.75 Å². The van der Waals surface area contributed by atoms with E-state index >= 15 is 0 Å². The number of carboxylic acids is 1. The molecule has 0 amide bonds. The molecular formula is C16H15FO3. The van der Waals surface area contributed by atoms with Crippen LogP contribution in [0.3, 0.4) is 0 Å². The summed E-state index contributed by atoms with van der Waals surface area (Å²) in [6.07, 6.45) is 0.614. The molecule has 0 spiro atoms. The summed E-state index contributed by atoms with van der Waals surface area (Å²) in [4.78, 5) is 10.5. The van der Waals surface area contributed by atoms with Gasteiger partial charge in [-0.05, 0) is 41.8 Å². The van der Waals surface area contributed by atoms with Gasteiger partial charge in [0.15, 0.2) is 0 Å². The number of aliphatic carboxylic acids is 1. The first-order valence-corrected chi connectivity index (χ1v) is 6.31. The highest BCUT2D eigenvalue weighted by Gasteiger charge is 2.01. The van der Waals surface area contributed by atoms with Crippen molar-refractivity contribution in [2.24, 2.45) is 0 Å². The minimum atomic E-state index is -0.809. The summed E-state index contributed by atoms with van der Waals surface area (Å²) in [5.74, 6) is -0.417. The zero-order valence-corrected chi connectivity index (χ0v) is 10.9. The van der Waals surface area contributed by atoms with Crippen molar-refractivity contribution in [2.75, 3.05) is 0 Å². The van der Waals surface area contributed by atoms with Crippen LogP contribution in [0.15, 0.2) is 48.5 Å². The number of ether oxygens (including phenoxy) is 1. The lowest BCUT2D eigenvalue weighted by Crippen LogP contribution is -1.98. The molecule has 20 heavy (non-hydrogen) atoms. The summed E-state index contributed by atoms with van der Waals surface area (Å²) in [5, 5.41) is 8.61. The molecule has 0 aliphatic carbocycles. The standard InChI is InChI=1S/C16H15FO3/c17-14-3-1-2-13(10-14)11-20-15-7-4-12(5-8-15)6-9-16(18)19/h1-5,7-8,10H,6,9,11H2,(H,18,19). The Morgan fingerprint density at radius 2 is 1.85 bits per heavy atom. The van der Waals surface area contributed by atoms with Gasteiger partial charge < -0.3 is 9.84 Å². The number of carboxylic acid groups (broad SMARTS) is 1. The van der Waals surface area contributed by atoms with Gasteiger partial charge in [-0.25, -0.2) is 4.39 Å². The van der Waals surface area contributed by atoms with Crippen LogP contribution in [0.4, 0.5) is 4.39 Å². The topological polar surface area (TPSA) is 46.5 Å². The van der Waals surface area contributed by atoms with E-state index in [2.05, 4.69) is 0 Å². The molecule has 2 aromatic rings. The Labute approximate surface area is 116 Å². The first-order valence-electron chi connectivity index (χ1n) is 6.31. The Kier molecular flexibility index (Phi) is 4.71. The Hall–Kier alpha value is -2.36. The monoisotopic (exact) mass is 274 g/mol. The fourth-order valence-electron chi connectivity index (χ4n) is 1.80. The third kappa shape index (κ3) is 4.39. The summed E-state index contributed by atoms with van der Waals surface area (Å²) in [5.41, 5.74) is 1.71. The molecule has 0 saturated heterocycles. The molecule has 104 valence electrons.